The smallest absolute Gasteiger partial charge is 0.331 e. The van der Waals surface area contributed by atoms with Gasteiger partial charge in [0.25, 0.3) is 5.56 Å². The van der Waals surface area contributed by atoms with E-state index < -0.39 is 23.2 Å². The summed E-state index contributed by atoms with van der Waals surface area (Å²) in [6, 6.07) is 6.80. The first-order valence-electron chi connectivity index (χ1n) is 10.0. The van der Waals surface area contributed by atoms with Crippen molar-refractivity contribution < 1.29 is 14.6 Å². The van der Waals surface area contributed by atoms with Crippen molar-refractivity contribution in [2.24, 2.45) is 5.10 Å². The van der Waals surface area contributed by atoms with Gasteiger partial charge in [-0.1, -0.05) is 38.5 Å². The molecule has 3 rings (SSSR count). The molecule has 30 heavy (non-hydrogen) atoms. The molecular weight excluding hydrogens is 388 g/mol. The summed E-state index contributed by atoms with van der Waals surface area (Å²) in [6.45, 7) is 3.96. The van der Waals surface area contributed by atoms with E-state index in [4.69, 9.17) is 4.74 Å². The third kappa shape index (κ3) is 3.87. The Morgan fingerprint density at radius 2 is 2.03 bits per heavy atom. The summed E-state index contributed by atoms with van der Waals surface area (Å²) in [5.41, 5.74) is -0.492. The van der Waals surface area contributed by atoms with E-state index in [1.807, 2.05) is 25.1 Å². The molecule has 1 aliphatic heterocycles. The summed E-state index contributed by atoms with van der Waals surface area (Å²) >= 11 is 0. The van der Waals surface area contributed by atoms with E-state index in [2.05, 4.69) is 10.1 Å². The van der Waals surface area contributed by atoms with Gasteiger partial charge in [0.2, 0.25) is 11.8 Å². The number of H-pyrrole nitrogens is 1. The van der Waals surface area contributed by atoms with E-state index >= 15 is 0 Å². The maximum Gasteiger partial charge on any atom is 0.331 e. The van der Waals surface area contributed by atoms with Crippen molar-refractivity contribution in [3.63, 3.8) is 0 Å². The van der Waals surface area contributed by atoms with Crippen LogP contribution in [0.5, 0.6) is 11.6 Å². The Labute approximate surface area is 173 Å². The van der Waals surface area contributed by atoms with Crippen LogP contribution in [0.4, 0.5) is 0 Å². The molecule has 2 N–H and O–H groups in total. The monoisotopic (exact) mass is 414 g/mol. The minimum absolute atomic E-state index is 0.0861. The highest BCUT2D eigenvalue weighted by Gasteiger charge is 2.36. The average Bonchev–Trinajstić information content (AvgIpc) is 3.17. The first-order chi connectivity index (χ1) is 14.4. The molecule has 2 aromatic rings. The molecule has 0 radical (unpaired) electrons. The fourth-order valence-corrected chi connectivity index (χ4v) is 3.58. The number of methoxy groups -OCH3 is 1. The van der Waals surface area contributed by atoms with Crippen LogP contribution in [0, 0.1) is 0 Å². The van der Waals surface area contributed by atoms with E-state index in [-0.39, 0.29) is 36.6 Å². The summed E-state index contributed by atoms with van der Waals surface area (Å²) in [5, 5.41) is 16.4. The van der Waals surface area contributed by atoms with Crippen molar-refractivity contribution in [3.8, 4) is 11.6 Å². The highest BCUT2D eigenvalue weighted by molar-refractivity contribution is 6.04. The quantitative estimate of drug-likeness (QED) is 0.720. The van der Waals surface area contributed by atoms with Gasteiger partial charge in [-0.2, -0.15) is 5.10 Å². The highest BCUT2D eigenvalue weighted by Crippen LogP contribution is 2.38. The molecule has 0 saturated carbocycles. The highest BCUT2D eigenvalue weighted by atomic mass is 16.5. The van der Waals surface area contributed by atoms with Crippen LogP contribution in [0.3, 0.4) is 0 Å². The topological polar surface area (TPSA) is 117 Å². The number of hydrogen-bond acceptors (Lipinski definition) is 6. The van der Waals surface area contributed by atoms with Gasteiger partial charge in [-0.3, -0.25) is 19.1 Å². The molecular formula is C21H26N4O5. The maximum absolute atomic E-state index is 12.6. The summed E-state index contributed by atoms with van der Waals surface area (Å²) in [5.74, 6) is -0.0597. The number of benzene rings is 1. The van der Waals surface area contributed by atoms with Gasteiger partial charge in [-0.25, -0.2) is 9.80 Å². The zero-order chi connectivity index (χ0) is 21.8. The van der Waals surface area contributed by atoms with Gasteiger partial charge < -0.3 is 9.84 Å². The lowest BCUT2D eigenvalue weighted by atomic mass is 9.98. The van der Waals surface area contributed by atoms with Crippen LogP contribution in [0.1, 0.15) is 56.7 Å². The Morgan fingerprint density at radius 3 is 2.70 bits per heavy atom. The van der Waals surface area contributed by atoms with Crippen LogP contribution in [0.15, 0.2) is 39.0 Å². The Morgan fingerprint density at radius 1 is 1.30 bits per heavy atom. The average molecular weight is 414 g/mol. The second-order valence-corrected chi connectivity index (χ2v) is 7.06. The number of unbranched alkanes of at least 4 members (excludes halogenated alkanes) is 1. The molecule has 160 valence electrons. The van der Waals surface area contributed by atoms with Gasteiger partial charge >= 0.3 is 5.69 Å². The number of aromatic nitrogens is 2. The predicted octanol–water partition coefficient (Wildman–Crippen LogP) is 2.14. The molecule has 1 amide bonds. The van der Waals surface area contributed by atoms with Crippen molar-refractivity contribution in [1.29, 1.82) is 0 Å². The minimum atomic E-state index is -0.728. The number of hydrogen-bond donors (Lipinski definition) is 2. The van der Waals surface area contributed by atoms with Crippen LogP contribution >= 0.6 is 0 Å². The molecule has 0 aliphatic carbocycles. The molecule has 1 aromatic carbocycles. The lowest BCUT2D eigenvalue weighted by Gasteiger charge is -2.23. The normalized spacial score (nSPS) is 15.9. The summed E-state index contributed by atoms with van der Waals surface area (Å²) in [4.78, 5) is 39.5. The van der Waals surface area contributed by atoms with Crippen molar-refractivity contribution in [2.75, 3.05) is 7.11 Å². The molecule has 0 spiro atoms. The fraction of sp³-hybridized carbons (Fsp3) is 0.429. The van der Waals surface area contributed by atoms with Gasteiger partial charge in [0.1, 0.15) is 11.3 Å². The molecule has 0 fully saturated rings. The number of carbonyl (C=O) groups excluding carboxylic acids is 1. The summed E-state index contributed by atoms with van der Waals surface area (Å²) in [7, 11) is 1.54. The van der Waals surface area contributed by atoms with Crippen molar-refractivity contribution in [1.82, 2.24) is 14.6 Å². The van der Waals surface area contributed by atoms with E-state index in [0.717, 1.165) is 16.6 Å². The molecule has 0 bridgehead atoms. The number of carbonyl (C=O) groups is 1. The second kappa shape index (κ2) is 8.98. The Kier molecular flexibility index (Phi) is 6.39. The van der Waals surface area contributed by atoms with Gasteiger partial charge in [0.15, 0.2) is 0 Å². The number of para-hydroxylation sites is 1. The zero-order valence-electron chi connectivity index (χ0n) is 17.3. The van der Waals surface area contributed by atoms with Crippen LogP contribution < -0.4 is 16.0 Å². The first kappa shape index (κ1) is 21.4. The second-order valence-electron chi connectivity index (χ2n) is 7.06. The standard InChI is InChI=1S/C21H26N4O5/c1-4-6-11-24-20(28)18(19(27)22-21(24)29)14-12-15(25(23-14)17(26)5-2)13-9-7-8-10-16(13)30-3/h7-10,15,28H,4-6,11-12H2,1-3H3,(H,22,27,29)/t15-/m1/s1. The maximum atomic E-state index is 12.6. The zero-order valence-corrected chi connectivity index (χ0v) is 17.3. The SMILES string of the molecule is CCCCn1c(O)c(C2=NN(C(=O)CC)[C@@H](c3ccccc3OC)C2)c(=O)[nH]c1=O. The van der Waals surface area contributed by atoms with Crippen molar-refractivity contribution in [3.05, 3.63) is 56.2 Å². The van der Waals surface area contributed by atoms with Gasteiger partial charge in [0.05, 0.1) is 18.9 Å². The van der Waals surface area contributed by atoms with Crippen LogP contribution in [-0.2, 0) is 11.3 Å². The van der Waals surface area contributed by atoms with Crippen molar-refractivity contribution in [2.45, 2.75) is 52.1 Å². The lowest BCUT2D eigenvalue weighted by Crippen LogP contribution is -2.33. The van der Waals surface area contributed by atoms with E-state index in [9.17, 15) is 19.5 Å². The molecule has 1 aromatic heterocycles. The van der Waals surface area contributed by atoms with E-state index in [1.165, 1.54) is 5.01 Å². The lowest BCUT2D eigenvalue weighted by molar-refractivity contribution is -0.132. The number of nitrogens with zero attached hydrogens (tertiary/aromatic N) is 3. The number of rotatable bonds is 7. The summed E-state index contributed by atoms with van der Waals surface area (Å²) < 4.78 is 6.57. The minimum Gasteiger partial charge on any atom is -0.496 e. The van der Waals surface area contributed by atoms with Crippen LogP contribution in [0.2, 0.25) is 0 Å². The van der Waals surface area contributed by atoms with Gasteiger partial charge in [0, 0.05) is 24.9 Å². The third-order valence-electron chi connectivity index (χ3n) is 5.16. The molecule has 0 saturated heterocycles. The van der Waals surface area contributed by atoms with Crippen molar-refractivity contribution >= 4 is 11.6 Å². The van der Waals surface area contributed by atoms with Crippen LogP contribution in [0.25, 0.3) is 0 Å². The molecule has 9 heteroatoms. The fourth-order valence-electron chi connectivity index (χ4n) is 3.58. The van der Waals surface area contributed by atoms with Gasteiger partial charge in [-0.15, -0.1) is 0 Å². The molecule has 1 atom stereocenters. The Bertz CT molecular complexity index is 1090. The Hall–Kier alpha value is -3.36. The number of nitrogens with one attached hydrogen (secondary N) is 1. The third-order valence-corrected chi connectivity index (χ3v) is 5.16. The molecule has 2 heterocycles. The number of ether oxygens (including phenoxy) is 1. The number of aromatic hydroxyl groups is 1. The van der Waals surface area contributed by atoms with Gasteiger partial charge in [-0.05, 0) is 12.5 Å². The Balaban J connectivity index is 2.10. The molecule has 9 nitrogen and oxygen atoms in total. The van der Waals surface area contributed by atoms with E-state index in [1.54, 1.807) is 20.1 Å². The number of aromatic amines is 1. The first-order valence-corrected chi connectivity index (χ1v) is 10.0. The summed E-state index contributed by atoms with van der Waals surface area (Å²) in [6.07, 6.45) is 1.90. The number of amides is 1. The largest absolute Gasteiger partial charge is 0.496 e. The van der Waals surface area contributed by atoms with E-state index in [0.29, 0.717) is 12.2 Å². The van der Waals surface area contributed by atoms with Crippen LogP contribution in [-0.4, -0.2) is 38.4 Å². The predicted molar refractivity (Wildman–Crippen MR) is 112 cm³/mol. The number of hydrazone groups is 1. The molecule has 0 unspecified atom stereocenters. The molecule has 1 aliphatic rings.